The number of rotatable bonds is 12. The zero-order valence-electron chi connectivity index (χ0n) is 61.8. The smallest absolute Gasteiger partial charge is 0.335 e. The third kappa shape index (κ3) is 46.4. The van der Waals surface area contributed by atoms with Gasteiger partial charge in [0.2, 0.25) is 0 Å². The van der Waals surface area contributed by atoms with E-state index in [4.69, 9.17) is 40.9 Å². The molecule has 6 rings (SSSR count). The van der Waals surface area contributed by atoms with Crippen LogP contribution in [0.4, 0.5) is 0 Å². The van der Waals surface area contributed by atoms with Crippen molar-refractivity contribution in [2.24, 2.45) is 0 Å². The average Bonchev–Trinajstić information content (AvgIpc) is 0.918. The van der Waals surface area contributed by atoms with Crippen LogP contribution in [-0.2, 0) is 144 Å². The summed E-state index contributed by atoms with van der Waals surface area (Å²) < 4.78 is 0. The summed E-state index contributed by atoms with van der Waals surface area (Å²) in [5.74, 6) is -3.81. The summed E-state index contributed by atoms with van der Waals surface area (Å²) in [4.78, 5) is 89.2. The molecule has 0 aromatic heterocycles. The second-order valence-corrected chi connectivity index (χ2v) is 17.4. The van der Waals surface area contributed by atoms with Gasteiger partial charge in [-0.1, -0.05) is 138 Å². The molecule has 94 heavy (non-hydrogen) atoms. The Morgan fingerprint density at radius 2 is 0.415 bits per heavy atom. The Kier molecular flexibility index (Phi) is 89.7. The molecule has 0 saturated heterocycles. The van der Waals surface area contributed by atoms with Crippen molar-refractivity contribution < 1.29 is 210 Å². The van der Waals surface area contributed by atoms with Crippen molar-refractivity contribution in [3.63, 3.8) is 0 Å². The van der Waals surface area contributed by atoms with E-state index in [1.807, 2.05) is 158 Å². The van der Waals surface area contributed by atoms with Crippen molar-refractivity contribution in [2.75, 3.05) is 28.4 Å². The molecule has 0 unspecified atom stereocenters. The predicted octanol–water partition coefficient (Wildman–Crippen LogP) is 16.6. The number of ketones is 4. The van der Waals surface area contributed by atoms with Crippen LogP contribution in [0, 0.1) is 55.4 Å². The SMILES string of the molecule is CC.CC.CC.CC.CC.CC.CC(=O)c1cc(C(=O)O)c(C)cc1C.CC(=O)c1cc(C)c(C(=O)O)cc1C.CC(=O)c1cc(Cc2ccc(C(=O)O)c(C)c2)ccc1C.CC(=O)c1cc(Cc2ccc(C)c(C(=O)O)c2)ccc1C.CO.CO.CO.CO.[Y].[Y].[Y].[Y]. The molecule has 0 amide bonds. The second kappa shape index (κ2) is 71.9. The van der Waals surface area contributed by atoms with Crippen molar-refractivity contribution in [3.05, 3.63) is 208 Å². The zero-order chi connectivity index (χ0) is 72.9. The molecule has 20 heteroatoms. The minimum absolute atomic E-state index is 0. The quantitative estimate of drug-likeness (QED) is 0.0528. The third-order valence-corrected chi connectivity index (χ3v) is 11.6. The van der Waals surface area contributed by atoms with Gasteiger partial charge in [0, 0.05) is 182 Å². The average molecular weight is 1610 g/mol. The standard InChI is InChI=1S/2C18H18O3.2C11H12O3.6C2H6.4CH4O.4Y/c1-11-4-6-14(9-16(11)13(3)19)8-15-7-5-12(2)17(10-15)18(20)21;1-11-4-5-15(10-17(11)13(3)19)9-14-6-7-16(18(20)21)12(2)8-14;1-6-5-10(11(13)14)7(2)4-9(6)8(3)12;1-6-4-7(2)10(11(13)14)5-9(6)8(3)12;10*1-2;;;;/h4-7,9-10H,8H2,1-3H3,(H,20,21);4-8,10H,9H2,1-3H3,(H,20,21);2*4-5H,1-3H3,(H,13,14);6*1-2H3;4*2H,1H3;;;;. The molecule has 16 nitrogen and oxygen atoms in total. The summed E-state index contributed by atoms with van der Waals surface area (Å²) in [6.07, 6.45) is 1.29. The first-order chi connectivity index (χ1) is 42.6. The summed E-state index contributed by atoms with van der Waals surface area (Å²) in [6, 6.07) is 28.8. The Hall–Kier alpha value is -3.86. The molecular formula is C74H112O16Y4. The number of aliphatic hydroxyl groups excluding tert-OH is 4. The van der Waals surface area contributed by atoms with E-state index < -0.39 is 23.9 Å². The van der Waals surface area contributed by atoms with Gasteiger partial charge >= 0.3 is 23.9 Å². The van der Waals surface area contributed by atoms with Crippen LogP contribution in [0.3, 0.4) is 0 Å². The fourth-order valence-electron chi connectivity index (χ4n) is 7.76. The first-order valence-electron chi connectivity index (χ1n) is 30.0. The van der Waals surface area contributed by atoms with Gasteiger partial charge in [-0.15, -0.1) is 0 Å². The van der Waals surface area contributed by atoms with E-state index in [1.54, 1.807) is 79.7 Å². The minimum Gasteiger partial charge on any atom is -0.478 e. The minimum atomic E-state index is -0.995. The maximum absolute atomic E-state index is 11.6. The number of hydrogen-bond acceptors (Lipinski definition) is 12. The number of aryl methyl sites for hydroxylation is 8. The van der Waals surface area contributed by atoms with Crippen LogP contribution in [0.25, 0.3) is 0 Å². The summed E-state index contributed by atoms with van der Waals surface area (Å²) in [5, 5.41) is 63.9. The van der Waals surface area contributed by atoms with E-state index in [0.717, 1.165) is 89.6 Å². The predicted molar refractivity (Wildman–Crippen MR) is 371 cm³/mol. The number of Topliss-reactive ketones (excluding diaryl/α,β-unsaturated/α-hetero) is 4. The molecule has 0 bridgehead atoms. The number of hydrogen-bond donors (Lipinski definition) is 8. The van der Waals surface area contributed by atoms with Crippen LogP contribution in [0.15, 0.2) is 97.1 Å². The molecule has 4 radical (unpaired) electrons. The van der Waals surface area contributed by atoms with Crippen molar-refractivity contribution in [2.45, 2.75) is 179 Å². The Morgan fingerprint density at radius 1 is 0.234 bits per heavy atom. The fourth-order valence-corrected chi connectivity index (χ4v) is 7.76. The summed E-state index contributed by atoms with van der Waals surface area (Å²) in [5.41, 5.74) is 13.9. The van der Waals surface area contributed by atoms with Crippen molar-refractivity contribution >= 4 is 47.0 Å². The van der Waals surface area contributed by atoms with Gasteiger partial charge in [0.15, 0.2) is 23.1 Å². The molecule has 6 aromatic carbocycles. The molecule has 0 heterocycles. The van der Waals surface area contributed by atoms with Crippen molar-refractivity contribution in [1.82, 2.24) is 0 Å². The van der Waals surface area contributed by atoms with Crippen molar-refractivity contribution in [3.8, 4) is 0 Å². The largest absolute Gasteiger partial charge is 0.478 e. The molecule has 0 aliphatic rings. The van der Waals surface area contributed by atoms with Gasteiger partial charge in [0.1, 0.15) is 0 Å². The molecule has 0 aliphatic carbocycles. The maximum Gasteiger partial charge on any atom is 0.335 e. The summed E-state index contributed by atoms with van der Waals surface area (Å²) in [6.45, 7) is 44.4. The van der Waals surface area contributed by atoms with Gasteiger partial charge in [0.25, 0.3) is 0 Å². The van der Waals surface area contributed by atoms with Gasteiger partial charge in [-0.05, 0) is 205 Å². The first-order valence-corrected chi connectivity index (χ1v) is 30.0. The summed E-state index contributed by atoms with van der Waals surface area (Å²) >= 11 is 0. The molecule has 0 fully saturated rings. The van der Waals surface area contributed by atoms with E-state index in [2.05, 4.69) is 0 Å². The van der Waals surface area contributed by atoms with Crippen LogP contribution in [0.2, 0.25) is 0 Å². The van der Waals surface area contributed by atoms with Crippen LogP contribution in [0.1, 0.15) is 260 Å². The molecular weight excluding hydrogens is 1500 g/mol. The Balaban J connectivity index is -0.0000000870. The number of benzene rings is 6. The van der Waals surface area contributed by atoms with Gasteiger partial charge in [-0.2, -0.15) is 0 Å². The Bertz CT molecular complexity index is 2940. The first kappa shape index (κ1) is 117. The van der Waals surface area contributed by atoms with E-state index in [-0.39, 0.29) is 165 Å². The van der Waals surface area contributed by atoms with E-state index >= 15 is 0 Å². The zero-order valence-corrected chi connectivity index (χ0v) is 73.2. The van der Waals surface area contributed by atoms with E-state index in [9.17, 15) is 38.4 Å². The normalized spacial score (nSPS) is 8.26. The summed E-state index contributed by atoms with van der Waals surface area (Å²) in [7, 11) is 4.00. The molecule has 6 aromatic rings. The molecule has 8 N–H and O–H groups in total. The van der Waals surface area contributed by atoms with Gasteiger partial charge in [0.05, 0.1) is 22.3 Å². The number of aromatic carboxylic acids is 4. The van der Waals surface area contributed by atoms with Crippen LogP contribution in [-0.4, -0.2) is 116 Å². The molecule has 516 valence electrons. The molecule has 0 saturated carbocycles. The van der Waals surface area contributed by atoms with Crippen LogP contribution in [0.5, 0.6) is 0 Å². The van der Waals surface area contributed by atoms with Crippen LogP contribution >= 0.6 is 0 Å². The Labute approximate surface area is 665 Å². The molecule has 0 aliphatic heterocycles. The number of carboxylic acid groups (broad SMARTS) is 4. The second-order valence-electron chi connectivity index (χ2n) is 17.4. The van der Waals surface area contributed by atoms with Gasteiger partial charge in [-0.25, -0.2) is 19.2 Å². The van der Waals surface area contributed by atoms with E-state index in [0.29, 0.717) is 51.8 Å². The van der Waals surface area contributed by atoms with Crippen LogP contribution < -0.4 is 0 Å². The van der Waals surface area contributed by atoms with Gasteiger partial charge < -0.3 is 40.9 Å². The maximum atomic E-state index is 11.6. The number of aliphatic hydroxyl groups is 4. The number of carboxylic acids is 4. The number of carbonyl (C=O) groups is 8. The fraction of sp³-hybridized carbons (Fsp3) is 0.405. The van der Waals surface area contributed by atoms with Gasteiger partial charge in [-0.3, -0.25) is 19.2 Å². The van der Waals surface area contributed by atoms with Crippen molar-refractivity contribution in [1.29, 1.82) is 0 Å². The van der Waals surface area contributed by atoms with E-state index in [1.165, 1.54) is 26.0 Å². The third-order valence-electron chi connectivity index (χ3n) is 11.6. The molecule has 0 spiro atoms. The number of carbonyl (C=O) groups excluding carboxylic acids is 4. The topological polar surface area (TPSA) is 298 Å². The monoisotopic (exact) mass is 1610 g/mol. The molecule has 0 atom stereocenters. The Morgan fingerprint density at radius 3 is 0.702 bits per heavy atom.